The highest BCUT2D eigenvalue weighted by Crippen LogP contribution is 2.18. The maximum Gasteiger partial charge on any atom is 0.241 e. The number of hydrogen-bond donors (Lipinski definition) is 2. The van der Waals surface area contributed by atoms with Crippen LogP contribution in [0.5, 0.6) is 0 Å². The smallest absolute Gasteiger partial charge is 0.241 e. The molecule has 0 unspecified atom stereocenters. The molecule has 0 atom stereocenters. The fourth-order valence-electron chi connectivity index (χ4n) is 1.85. The van der Waals surface area contributed by atoms with E-state index in [9.17, 15) is 4.79 Å². The molecular weight excluding hydrogens is 258 g/mol. The van der Waals surface area contributed by atoms with Crippen LogP contribution in [-0.4, -0.2) is 36.7 Å². The Morgan fingerprint density at radius 2 is 2.30 bits per heavy atom. The van der Waals surface area contributed by atoms with Crippen molar-refractivity contribution in [2.45, 2.75) is 32.0 Å². The molecule has 0 spiro atoms. The minimum Gasteiger partial charge on any atom is -0.377 e. The van der Waals surface area contributed by atoms with Crippen LogP contribution in [0.3, 0.4) is 0 Å². The van der Waals surface area contributed by atoms with E-state index in [-0.39, 0.29) is 12.5 Å². The van der Waals surface area contributed by atoms with Crippen molar-refractivity contribution in [3.63, 3.8) is 0 Å². The van der Waals surface area contributed by atoms with Crippen molar-refractivity contribution in [2.24, 2.45) is 7.05 Å². The highest BCUT2D eigenvalue weighted by Gasteiger charge is 2.23. The number of aryl methyl sites for hydroxylation is 1. The van der Waals surface area contributed by atoms with Crippen LogP contribution in [0.1, 0.15) is 18.5 Å². The minimum absolute atomic E-state index is 0.0120. The number of aromatic nitrogens is 5. The molecule has 0 aromatic carbocycles. The molecule has 106 valence electrons. The Balaban J connectivity index is 1.51. The number of carbonyl (C=O) groups is 1. The Morgan fingerprint density at radius 1 is 1.45 bits per heavy atom. The lowest BCUT2D eigenvalue weighted by Crippen LogP contribution is -2.29. The van der Waals surface area contributed by atoms with Gasteiger partial charge in [-0.05, 0) is 12.8 Å². The third-order valence-electron chi connectivity index (χ3n) is 3.16. The second-order valence-electron chi connectivity index (χ2n) is 4.97. The number of carbonyl (C=O) groups excluding carboxylic acids is 1. The molecule has 0 bridgehead atoms. The predicted molar refractivity (Wildman–Crippen MR) is 71.7 cm³/mol. The minimum atomic E-state index is 0.0120. The molecule has 0 aliphatic heterocycles. The zero-order valence-corrected chi connectivity index (χ0v) is 11.3. The highest BCUT2D eigenvalue weighted by molar-refractivity contribution is 5.76. The first-order valence-corrected chi connectivity index (χ1v) is 6.60. The summed E-state index contributed by atoms with van der Waals surface area (Å²) in [5.74, 6) is 0.0120. The van der Waals surface area contributed by atoms with Gasteiger partial charge in [0.05, 0.1) is 30.3 Å². The summed E-state index contributed by atoms with van der Waals surface area (Å²) in [6.07, 6.45) is 7.41. The number of rotatable bonds is 6. The van der Waals surface area contributed by atoms with Gasteiger partial charge in [-0.2, -0.15) is 5.10 Å². The molecule has 2 heterocycles. The van der Waals surface area contributed by atoms with Gasteiger partial charge in [-0.3, -0.25) is 14.2 Å². The number of nitrogens with zero attached hydrogens (tertiary/aromatic N) is 5. The second kappa shape index (κ2) is 5.32. The Labute approximate surface area is 116 Å². The maximum atomic E-state index is 11.6. The van der Waals surface area contributed by atoms with Crippen LogP contribution in [-0.2, 0) is 24.9 Å². The second-order valence-corrected chi connectivity index (χ2v) is 4.97. The van der Waals surface area contributed by atoms with Crippen molar-refractivity contribution in [2.75, 3.05) is 5.32 Å². The lowest BCUT2D eigenvalue weighted by molar-refractivity contribution is -0.122. The molecule has 2 aromatic heterocycles. The number of nitrogens with one attached hydrogen (secondary N) is 2. The van der Waals surface area contributed by atoms with Crippen LogP contribution in [0.2, 0.25) is 0 Å². The fraction of sp³-hybridized carbons (Fsp3) is 0.500. The lowest BCUT2D eigenvalue weighted by Gasteiger charge is -2.03. The summed E-state index contributed by atoms with van der Waals surface area (Å²) in [6.45, 7) is 0.870. The number of anilines is 1. The number of amides is 1. The Morgan fingerprint density at radius 3 is 3.00 bits per heavy atom. The van der Waals surface area contributed by atoms with Crippen LogP contribution < -0.4 is 10.6 Å². The zero-order valence-electron chi connectivity index (χ0n) is 11.3. The Bertz CT molecular complexity index is 598. The van der Waals surface area contributed by atoms with Gasteiger partial charge in [0, 0.05) is 19.3 Å². The van der Waals surface area contributed by atoms with Crippen LogP contribution in [0.4, 0.5) is 5.69 Å². The van der Waals surface area contributed by atoms with Gasteiger partial charge in [0.2, 0.25) is 5.91 Å². The molecule has 0 radical (unpaired) electrons. The van der Waals surface area contributed by atoms with Gasteiger partial charge in [-0.15, -0.1) is 5.10 Å². The van der Waals surface area contributed by atoms with E-state index >= 15 is 0 Å². The molecule has 8 nitrogen and oxygen atoms in total. The van der Waals surface area contributed by atoms with Crippen LogP contribution >= 0.6 is 0 Å². The molecule has 1 amide bonds. The Kier molecular flexibility index (Phi) is 3.36. The molecule has 8 heteroatoms. The Hall–Kier alpha value is -2.38. The molecule has 20 heavy (non-hydrogen) atoms. The fourth-order valence-corrected chi connectivity index (χ4v) is 1.85. The van der Waals surface area contributed by atoms with Crippen LogP contribution in [0.25, 0.3) is 0 Å². The van der Waals surface area contributed by atoms with E-state index < -0.39 is 0 Å². The van der Waals surface area contributed by atoms with Crippen molar-refractivity contribution in [1.82, 2.24) is 30.1 Å². The van der Waals surface area contributed by atoms with E-state index in [1.165, 1.54) is 0 Å². The average molecular weight is 275 g/mol. The van der Waals surface area contributed by atoms with Gasteiger partial charge in [0.25, 0.3) is 0 Å². The summed E-state index contributed by atoms with van der Waals surface area (Å²) in [4.78, 5) is 11.6. The summed E-state index contributed by atoms with van der Waals surface area (Å²) in [5, 5.41) is 18.0. The summed E-state index contributed by atoms with van der Waals surface area (Å²) in [5.41, 5.74) is 1.84. The molecule has 0 saturated heterocycles. The normalized spacial score (nSPS) is 14.2. The van der Waals surface area contributed by atoms with E-state index in [1.807, 2.05) is 13.2 Å². The first-order chi connectivity index (χ1) is 9.70. The summed E-state index contributed by atoms with van der Waals surface area (Å²) in [7, 11) is 1.84. The quantitative estimate of drug-likeness (QED) is 0.768. The predicted octanol–water partition coefficient (Wildman–Crippen LogP) is -0.0977. The highest BCUT2D eigenvalue weighted by atomic mass is 16.2. The first kappa shape index (κ1) is 12.6. The van der Waals surface area contributed by atoms with Crippen molar-refractivity contribution < 1.29 is 4.79 Å². The molecule has 3 rings (SSSR count). The third kappa shape index (κ3) is 3.14. The van der Waals surface area contributed by atoms with E-state index in [2.05, 4.69) is 26.0 Å². The van der Waals surface area contributed by atoms with E-state index in [4.69, 9.17) is 0 Å². The van der Waals surface area contributed by atoms with Crippen molar-refractivity contribution in [3.8, 4) is 0 Å². The van der Waals surface area contributed by atoms with Crippen molar-refractivity contribution >= 4 is 11.6 Å². The maximum absolute atomic E-state index is 11.6. The summed E-state index contributed by atoms with van der Waals surface area (Å²) < 4.78 is 3.34. The standard InChI is InChI=1S/C12H17N7O/c1-18-11(6-14-17-18)5-13-10-4-15-19(7-10)8-12(20)16-9-2-3-9/h4,6-7,9,13H,2-3,5,8H2,1H3,(H,16,20). The molecule has 2 aromatic rings. The third-order valence-corrected chi connectivity index (χ3v) is 3.16. The van der Waals surface area contributed by atoms with Gasteiger partial charge in [0.15, 0.2) is 0 Å². The molecule has 2 N–H and O–H groups in total. The SMILES string of the molecule is Cn1nncc1CNc1cnn(CC(=O)NC2CC2)c1. The molecule has 1 aliphatic rings. The number of hydrogen-bond acceptors (Lipinski definition) is 5. The molecule has 1 aliphatic carbocycles. The van der Waals surface area contributed by atoms with Gasteiger partial charge in [0.1, 0.15) is 6.54 Å². The molecule has 1 saturated carbocycles. The zero-order chi connectivity index (χ0) is 13.9. The molecular formula is C12H17N7O. The van der Waals surface area contributed by atoms with Crippen LogP contribution in [0.15, 0.2) is 18.6 Å². The van der Waals surface area contributed by atoms with Gasteiger partial charge < -0.3 is 10.6 Å². The summed E-state index contributed by atoms with van der Waals surface area (Å²) in [6, 6.07) is 0.382. The summed E-state index contributed by atoms with van der Waals surface area (Å²) >= 11 is 0. The van der Waals surface area contributed by atoms with Gasteiger partial charge in [-0.1, -0.05) is 5.21 Å². The first-order valence-electron chi connectivity index (χ1n) is 6.60. The molecule has 1 fully saturated rings. The topological polar surface area (TPSA) is 89.7 Å². The van der Waals surface area contributed by atoms with Gasteiger partial charge in [-0.25, -0.2) is 0 Å². The van der Waals surface area contributed by atoms with Gasteiger partial charge >= 0.3 is 0 Å². The van der Waals surface area contributed by atoms with E-state index in [0.717, 1.165) is 24.2 Å². The average Bonchev–Trinajstić information content (AvgIpc) is 2.95. The van der Waals surface area contributed by atoms with Crippen molar-refractivity contribution in [3.05, 3.63) is 24.3 Å². The lowest BCUT2D eigenvalue weighted by atomic mass is 10.4. The monoisotopic (exact) mass is 275 g/mol. The van der Waals surface area contributed by atoms with E-state index in [1.54, 1.807) is 21.8 Å². The van der Waals surface area contributed by atoms with Crippen molar-refractivity contribution in [1.29, 1.82) is 0 Å². The van der Waals surface area contributed by atoms with E-state index in [0.29, 0.717) is 12.6 Å². The van der Waals surface area contributed by atoms with Crippen LogP contribution in [0, 0.1) is 0 Å². The largest absolute Gasteiger partial charge is 0.377 e.